The van der Waals surface area contributed by atoms with Gasteiger partial charge < -0.3 is 5.48 Å². The Balaban J connectivity index is 0. The minimum absolute atomic E-state index is 0. The minimum atomic E-state index is 0. The van der Waals surface area contributed by atoms with Crippen LogP contribution in [0.1, 0.15) is 0 Å². The molecule has 0 atom stereocenters. The molecule has 0 saturated heterocycles. The Morgan fingerprint density at radius 1 is 1.00 bits per heavy atom. The summed E-state index contributed by atoms with van der Waals surface area (Å²) < 4.78 is 0. The molecule has 0 aromatic rings. The van der Waals surface area contributed by atoms with Crippen LogP contribution in [-0.4, -0.2) is 45.9 Å². The maximum atomic E-state index is 0. The van der Waals surface area contributed by atoms with Crippen LogP contribution in [0.3, 0.4) is 0 Å². The summed E-state index contributed by atoms with van der Waals surface area (Å²) in [6.07, 6.45) is 0. The Morgan fingerprint density at radius 3 is 1.00 bits per heavy atom. The molecule has 0 saturated carbocycles. The van der Waals surface area contributed by atoms with Gasteiger partial charge in [-0.15, -0.1) is 0 Å². The molecule has 0 amide bonds. The maximum Gasteiger partial charge on any atom is 0 e. The maximum absolute atomic E-state index is 0. The van der Waals surface area contributed by atoms with Crippen LogP contribution in [0.25, 0.3) is 0 Å². The molecule has 0 aromatic heterocycles. The summed E-state index contributed by atoms with van der Waals surface area (Å²) in [5.74, 6) is 0. The Kier molecular flexibility index (Phi) is 228. The van der Waals surface area contributed by atoms with Crippen molar-refractivity contribution >= 4 is 40.4 Å². The second-order valence-corrected chi connectivity index (χ2v) is 0. The van der Waals surface area contributed by atoms with Crippen molar-refractivity contribution in [3.8, 4) is 0 Å². The zero-order valence-corrected chi connectivity index (χ0v) is 5.73. The summed E-state index contributed by atoms with van der Waals surface area (Å²) >= 11 is 0. The molecule has 0 bridgehead atoms. The molecule has 4 heavy (non-hydrogen) atoms. The number of hydrogen-bond acceptors (Lipinski definition) is 0. The summed E-state index contributed by atoms with van der Waals surface area (Å²) in [6, 6.07) is 0. The molecule has 0 aliphatic carbocycles. The largest absolute Gasteiger partial charge is 0.412 e. The normalized spacial score (nSPS) is 0. The van der Waals surface area contributed by atoms with E-state index in [1.165, 1.54) is 0 Å². The molecule has 2 N–H and O–H groups in total. The summed E-state index contributed by atoms with van der Waals surface area (Å²) in [4.78, 5) is 0. The van der Waals surface area contributed by atoms with Gasteiger partial charge in [-0.25, -0.2) is 0 Å². The van der Waals surface area contributed by atoms with Crippen molar-refractivity contribution < 1.29 is 22.3 Å². The molecule has 0 spiro atoms. The van der Waals surface area contributed by atoms with E-state index in [4.69, 9.17) is 0 Å². The van der Waals surface area contributed by atoms with E-state index in [0.29, 0.717) is 0 Å². The molecule has 6 radical (unpaired) electrons. The predicted octanol–water partition coefficient (Wildman–Crippen LogP) is -1.59. The van der Waals surface area contributed by atoms with Crippen LogP contribution in [0, 0.1) is 0 Å². The molecule has 0 rings (SSSR count). The molecule has 0 aliphatic heterocycles. The molecule has 0 fully saturated rings. The van der Waals surface area contributed by atoms with Crippen LogP contribution in [0.2, 0.25) is 0 Å². The third kappa shape index (κ3) is 9.24. The molecule has 0 aromatic carbocycles. The van der Waals surface area contributed by atoms with Gasteiger partial charge in [0.1, 0.15) is 0 Å². The van der Waals surface area contributed by atoms with Crippen molar-refractivity contribution in [2.45, 2.75) is 0 Å². The third-order valence-electron chi connectivity index (χ3n) is 0. The van der Waals surface area contributed by atoms with E-state index in [-0.39, 0.29) is 62.7 Å². The van der Waals surface area contributed by atoms with E-state index < -0.39 is 0 Å². The van der Waals surface area contributed by atoms with Crippen LogP contribution in [-0.2, 0) is 16.8 Å². The minimum Gasteiger partial charge on any atom is -0.412 e. The standard InChI is InChI=1S/Al.Co.Mg.H2O/h;;;1H2. The summed E-state index contributed by atoms with van der Waals surface area (Å²) in [7, 11) is 0. The Labute approximate surface area is 62.3 Å². The molecule has 1 nitrogen and oxygen atoms in total. The van der Waals surface area contributed by atoms with Gasteiger partial charge in [0, 0.05) is 57.2 Å². The van der Waals surface area contributed by atoms with Gasteiger partial charge >= 0.3 is 0 Å². The number of rotatable bonds is 0. The summed E-state index contributed by atoms with van der Waals surface area (Å²) in [5.41, 5.74) is 0. The molecule has 22 valence electrons. The first-order chi connectivity index (χ1) is 0. The number of hydrogen-bond donors (Lipinski definition) is 0. The van der Waals surface area contributed by atoms with Crippen molar-refractivity contribution in [2.24, 2.45) is 0 Å². The molecule has 0 aliphatic rings. The van der Waals surface area contributed by atoms with Crippen LogP contribution < -0.4 is 0 Å². The van der Waals surface area contributed by atoms with E-state index >= 15 is 0 Å². The Hall–Kier alpha value is 1.77. The van der Waals surface area contributed by atoms with Gasteiger partial charge in [0.25, 0.3) is 0 Å². The molecular formula is H2AlCoMgO. The van der Waals surface area contributed by atoms with Gasteiger partial charge in [-0.05, 0) is 0 Å². The van der Waals surface area contributed by atoms with Gasteiger partial charge in [0.05, 0.1) is 0 Å². The van der Waals surface area contributed by atoms with E-state index in [0.717, 1.165) is 0 Å². The average Bonchev–Trinajstić information content (AvgIpc) is 0. The average molecular weight is 128 g/mol. The van der Waals surface area contributed by atoms with E-state index in [9.17, 15) is 0 Å². The van der Waals surface area contributed by atoms with Gasteiger partial charge in [-0.1, -0.05) is 0 Å². The van der Waals surface area contributed by atoms with E-state index in [1.807, 2.05) is 0 Å². The van der Waals surface area contributed by atoms with E-state index in [1.54, 1.807) is 0 Å². The second-order valence-electron chi connectivity index (χ2n) is 0. The molecule has 0 heterocycles. The van der Waals surface area contributed by atoms with Crippen LogP contribution in [0.4, 0.5) is 0 Å². The third-order valence-corrected chi connectivity index (χ3v) is 0. The van der Waals surface area contributed by atoms with Crippen molar-refractivity contribution in [3.63, 3.8) is 0 Å². The first-order valence-corrected chi connectivity index (χ1v) is 0. The van der Waals surface area contributed by atoms with Crippen LogP contribution >= 0.6 is 0 Å². The zero-order valence-electron chi connectivity index (χ0n) is 2.12. The summed E-state index contributed by atoms with van der Waals surface area (Å²) in [6.45, 7) is 0. The van der Waals surface area contributed by atoms with Crippen molar-refractivity contribution in [3.05, 3.63) is 0 Å². The monoisotopic (exact) mass is 128 g/mol. The van der Waals surface area contributed by atoms with Gasteiger partial charge in [-0.2, -0.15) is 0 Å². The predicted molar refractivity (Wildman–Crippen MR) is 15.1 cm³/mol. The van der Waals surface area contributed by atoms with Gasteiger partial charge in [0.2, 0.25) is 0 Å². The molecule has 4 heteroatoms. The van der Waals surface area contributed by atoms with Crippen LogP contribution in [0.5, 0.6) is 0 Å². The topological polar surface area (TPSA) is 31.5 Å². The second kappa shape index (κ2) is 21.7. The SMILES string of the molecule is O.[Al].[Co].[Mg]. The Morgan fingerprint density at radius 2 is 1.00 bits per heavy atom. The fraction of sp³-hybridized carbons (Fsp3) is 0. The van der Waals surface area contributed by atoms with Gasteiger partial charge in [0.15, 0.2) is 0 Å². The smallest absolute Gasteiger partial charge is 0 e. The first kappa shape index (κ1) is 42.0. The van der Waals surface area contributed by atoms with Crippen molar-refractivity contribution in [1.29, 1.82) is 0 Å². The quantitative estimate of drug-likeness (QED) is 0.352. The van der Waals surface area contributed by atoms with E-state index in [2.05, 4.69) is 0 Å². The first-order valence-electron chi connectivity index (χ1n) is 0. The van der Waals surface area contributed by atoms with Crippen molar-refractivity contribution in [1.82, 2.24) is 0 Å². The fourth-order valence-electron chi connectivity index (χ4n) is 0. The van der Waals surface area contributed by atoms with Crippen molar-refractivity contribution in [2.75, 3.05) is 0 Å². The fourth-order valence-corrected chi connectivity index (χ4v) is 0. The van der Waals surface area contributed by atoms with Crippen LogP contribution in [0.15, 0.2) is 0 Å². The van der Waals surface area contributed by atoms with Gasteiger partial charge in [-0.3, -0.25) is 0 Å². The molecule has 0 unspecified atom stereocenters. The molecular weight excluding hydrogens is 126 g/mol. The summed E-state index contributed by atoms with van der Waals surface area (Å²) in [5, 5.41) is 0. The zero-order chi connectivity index (χ0) is 0. The Bertz CT molecular complexity index is 8.00.